The maximum absolute atomic E-state index is 13.9. The summed E-state index contributed by atoms with van der Waals surface area (Å²) in [5.41, 5.74) is 13.9. The number of aromatic hydroxyl groups is 1. The lowest BCUT2D eigenvalue weighted by Gasteiger charge is -2.30. The number of benzene rings is 2. The number of phenols is 1. The molecule has 12 heteroatoms. The molecule has 230 valence electrons. The summed E-state index contributed by atoms with van der Waals surface area (Å²) in [6.45, 7) is 0.765. The Balaban J connectivity index is 1.48. The van der Waals surface area contributed by atoms with Crippen LogP contribution in [-0.2, 0) is 32.0 Å². The van der Waals surface area contributed by atoms with Crippen LogP contribution < -0.4 is 22.1 Å². The summed E-state index contributed by atoms with van der Waals surface area (Å²) in [4.78, 5) is 57.0. The van der Waals surface area contributed by atoms with Crippen molar-refractivity contribution in [2.75, 3.05) is 13.1 Å². The molecule has 1 fully saturated rings. The molecule has 0 bridgehead atoms. The highest BCUT2D eigenvalue weighted by Gasteiger charge is 2.39. The fourth-order valence-corrected chi connectivity index (χ4v) is 5.48. The Labute approximate surface area is 249 Å². The number of likely N-dealkylation sites (tertiary alicyclic amines) is 1. The number of carboxylic acids is 1. The van der Waals surface area contributed by atoms with Crippen LogP contribution in [0.1, 0.15) is 43.2 Å². The fourth-order valence-electron chi connectivity index (χ4n) is 5.48. The normalized spacial score (nSPS) is 16.9. The van der Waals surface area contributed by atoms with Crippen molar-refractivity contribution in [2.45, 2.75) is 69.1 Å². The molecule has 0 aliphatic carbocycles. The minimum absolute atomic E-state index is 0.0628. The molecule has 43 heavy (non-hydrogen) atoms. The number of hydrogen-bond donors (Lipinski definition) is 7. The number of aromatic amines is 1. The van der Waals surface area contributed by atoms with Gasteiger partial charge in [-0.25, -0.2) is 4.79 Å². The topological polar surface area (TPSA) is 204 Å². The zero-order valence-electron chi connectivity index (χ0n) is 24.0. The number of nitrogens with two attached hydrogens (primary N) is 2. The lowest BCUT2D eigenvalue weighted by Crippen LogP contribution is -2.57. The number of carbonyl (C=O) groups excluding carboxylic acids is 3. The van der Waals surface area contributed by atoms with Gasteiger partial charge in [-0.3, -0.25) is 14.4 Å². The highest BCUT2D eigenvalue weighted by Crippen LogP contribution is 2.22. The molecule has 2 aromatic carbocycles. The molecule has 3 aromatic rings. The van der Waals surface area contributed by atoms with Crippen molar-refractivity contribution in [2.24, 2.45) is 11.5 Å². The molecule has 1 aliphatic rings. The Hall–Kier alpha value is -4.42. The smallest absolute Gasteiger partial charge is 0.326 e. The average molecular weight is 593 g/mol. The molecule has 3 amide bonds. The van der Waals surface area contributed by atoms with Crippen molar-refractivity contribution >= 4 is 34.6 Å². The molecule has 0 saturated carbocycles. The number of fused-ring (bicyclic) bond motifs is 1. The molecule has 2 heterocycles. The second-order valence-corrected chi connectivity index (χ2v) is 11.0. The molecule has 4 rings (SSSR count). The molecule has 1 aromatic heterocycles. The van der Waals surface area contributed by atoms with E-state index >= 15 is 0 Å². The monoisotopic (exact) mass is 592 g/mol. The summed E-state index contributed by atoms with van der Waals surface area (Å²) in [5.74, 6) is -2.63. The largest absolute Gasteiger partial charge is 0.508 e. The third kappa shape index (κ3) is 8.11. The molecule has 4 unspecified atom stereocenters. The predicted molar refractivity (Wildman–Crippen MR) is 161 cm³/mol. The van der Waals surface area contributed by atoms with Gasteiger partial charge in [-0.1, -0.05) is 36.8 Å². The van der Waals surface area contributed by atoms with Gasteiger partial charge in [0.15, 0.2) is 0 Å². The third-order valence-electron chi connectivity index (χ3n) is 7.85. The zero-order valence-corrected chi connectivity index (χ0v) is 24.0. The second-order valence-electron chi connectivity index (χ2n) is 11.0. The van der Waals surface area contributed by atoms with Gasteiger partial charge in [0.2, 0.25) is 17.7 Å². The van der Waals surface area contributed by atoms with Gasteiger partial charge in [0, 0.05) is 36.5 Å². The first-order valence-electron chi connectivity index (χ1n) is 14.6. The number of amides is 3. The van der Waals surface area contributed by atoms with E-state index in [1.807, 2.05) is 24.3 Å². The maximum Gasteiger partial charge on any atom is 0.326 e. The summed E-state index contributed by atoms with van der Waals surface area (Å²) in [6, 6.07) is 9.83. The molecule has 4 atom stereocenters. The quantitative estimate of drug-likeness (QED) is 0.135. The number of carbonyl (C=O) groups is 4. The number of aliphatic carboxylic acids is 1. The maximum atomic E-state index is 13.9. The number of nitrogens with zero attached hydrogens (tertiary/aromatic N) is 1. The summed E-state index contributed by atoms with van der Waals surface area (Å²) in [6.07, 6.45) is 4.60. The Morgan fingerprint density at radius 2 is 1.74 bits per heavy atom. The predicted octanol–water partition coefficient (Wildman–Crippen LogP) is 1.16. The number of carboxylic acid groups (broad SMARTS) is 1. The van der Waals surface area contributed by atoms with Crippen LogP contribution in [-0.4, -0.2) is 81.0 Å². The van der Waals surface area contributed by atoms with E-state index in [-0.39, 0.29) is 25.1 Å². The summed E-state index contributed by atoms with van der Waals surface area (Å²) in [7, 11) is 0. The molecule has 9 N–H and O–H groups in total. The lowest BCUT2D eigenvalue weighted by molar-refractivity contribution is -0.144. The summed E-state index contributed by atoms with van der Waals surface area (Å²) >= 11 is 0. The van der Waals surface area contributed by atoms with Gasteiger partial charge in [0.25, 0.3) is 0 Å². The Bertz CT molecular complexity index is 1420. The number of unbranched alkanes of at least 4 members (excludes halogenated alkanes) is 1. The standard InChI is InChI=1S/C31H40N6O6/c32-14-4-3-7-23(33)28(39)35-25(16-19-10-12-21(38)13-11-19)30(41)37-15-5-9-27(37)29(40)36-26(31(42)43)17-20-18-34-24-8-2-1-6-22(20)24/h1-2,6,8,10-13,18,23,25-27,34,38H,3-5,7,9,14-17,32-33H2,(H,35,39)(H,36,40)(H,42,43). The minimum Gasteiger partial charge on any atom is -0.508 e. The third-order valence-corrected chi connectivity index (χ3v) is 7.85. The molecule has 0 radical (unpaired) electrons. The number of para-hydroxylation sites is 1. The van der Waals surface area contributed by atoms with Crippen LogP contribution in [0.2, 0.25) is 0 Å². The van der Waals surface area contributed by atoms with E-state index in [9.17, 15) is 29.4 Å². The first kappa shape index (κ1) is 31.5. The van der Waals surface area contributed by atoms with Crippen LogP contribution in [0.3, 0.4) is 0 Å². The lowest BCUT2D eigenvalue weighted by atomic mass is 10.0. The first-order valence-corrected chi connectivity index (χ1v) is 14.6. The van der Waals surface area contributed by atoms with Crippen molar-refractivity contribution in [3.8, 4) is 5.75 Å². The van der Waals surface area contributed by atoms with Crippen molar-refractivity contribution in [3.63, 3.8) is 0 Å². The molecular weight excluding hydrogens is 552 g/mol. The molecular formula is C31H40N6O6. The number of H-pyrrole nitrogens is 1. The van der Waals surface area contributed by atoms with Crippen LogP contribution in [0.25, 0.3) is 10.9 Å². The molecule has 0 spiro atoms. The SMILES string of the molecule is NCCCCC(N)C(=O)NC(Cc1ccc(O)cc1)C(=O)N1CCCC1C(=O)NC(Cc1c[nH]c2ccccc12)C(=O)O. The van der Waals surface area contributed by atoms with Crippen molar-refractivity contribution < 1.29 is 29.4 Å². The zero-order chi connectivity index (χ0) is 30.9. The number of aromatic nitrogens is 1. The van der Waals surface area contributed by atoms with Crippen LogP contribution >= 0.6 is 0 Å². The molecule has 12 nitrogen and oxygen atoms in total. The van der Waals surface area contributed by atoms with Gasteiger partial charge >= 0.3 is 5.97 Å². The number of rotatable bonds is 14. The minimum atomic E-state index is -1.21. The van der Waals surface area contributed by atoms with Crippen LogP contribution in [0.5, 0.6) is 5.75 Å². The highest BCUT2D eigenvalue weighted by atomic mass is 16.4. The van der Waals surface area contributed by atoms with Gasteiger partial charge in [-0.2, -0.15) is 0 Å². The van der Waals surface area contributed by atoms with E-state index < -0.39 is 47.9 Å². The van der Waals surface area contributed by atoms with Crippen molar-refractivity contribution in [1.29, 1.82) is 0 Å². The van der Waals surface area contributed by atoms with Gasteiger partial charge in [0.05, 0.1) is 6.04 Å². The Morgan fingerprint density at radius 3 is 2.47 bits per heavy atom. The van der Waals surface area contributed by atoms with Gasteiger partial charge in [0.1, 0.15) is 23.9 Å². The van der Waals surface area contributed by atoms with E-state index in [0.717, 1.165) is 22.9 Å². The van der Waals surface area contributed by atoms with Gasteiger partial charge < -0.3 is 42.2 Å². The number of phenolic OH excluding ortho intramolecular Hbond substituents is 1. The van der Waals surface area contributed by atoms with E-state index in [0.29, 0.717) is 37.8 Å². The molecule has 1 aliphatic heterocycles. The average Bonchev–Trinajstić information content (AvgIpc) is 3.65. The van der Waals surface area contributed by atoms with Gasteiger partial charge in [-0.05, 0) is 61.6 Å². The summed E-state index contributed by atoms with van der Waals surface area (Å²) < 4.78 is 0. The number of hydrogen-bond acceptors (Lipinski definition) is 7. The number of nitrogens with one attached hydrogen (secondary N) is 3. The van der Waals surface area contributed by atoms with Crippen LogP contribution in [0.15, 0.2) is 54.7 Å². The first-order chi connectivity index (χ1) is 20.7. The van der Waals surface area contributed by atoms with Crippen LogP contribution in [0.4, 0.5) is 0 Å². The van der Waals surface area contributed by atoms with E-state index in [4.69, 9.17) is 11.5 Å². The highest BCUT2D eigenvalue weighted by molar-refractivity contribution is 5.95. The van der Waals surface area contributed by atoms with Gasteiger partial charge in [-0.15, -0.1) is 0 Å². The van der Waals surface area contributed by atoms with E-state index in [1.165, 1.54) is 17.0 Å². The van der Waals surface area contributed by atoms with Crippen LogP contribution in [0, 0.1) is 0 Å². The van der Waals surface area contributed by atoms with Crippen molar-refractivity contribution in [1.82, 2.24) is 20.5 Å². The second kappa shape index (κ2) is 14.7. The summed E-state index contributed by atoms with van der Waals surface area (Å²) in [5, 5.41) is 25.9. The fraction of sp³-hybridized carbons (Fsp3) is 0.419. The molecule has 1 saturated heterocycles. The Kier molecular flexibility index (Phi) is 10.7. The van der Waals surface area contributed by atoms with Crippen molar-refractivity contribution in [3.05, 3.63) is 65.9 Å². The van der Waals surface area contributed by atoms with E-state index in [1.54, 1.807) is 18.3 Å². The van der Waals surface area contributed by atoms with E-state index in [2.05, 4.69) is 15.6 Å². The Morgan fingerprint density at radius 1 is 1.00 bits per heavy atom.